The van der Waals surface area contributed by atoms with Crippen molar-refractivity contribution in [3.63, 3.8) is 0 Å². The molecule has 0 N–H and O–H groups in total. The lowest BCUT2D eigenvalue weighted by Gasteiger charge is -2.38. The molecule has 0 aliphatic heterocycles. The predicted octanol–water partition coefficient (Wildman–Crippen LogP) is 6.47. The molecule has 164 valence electrons. The third kappa shape index (κ3) is 3.23. The van der Waals surface area contributed by atoms with E-state index in [0.717, 1.165) is 5.92 Å². The predicted molar refractivity (Wildman–Crippen MR) is 139 cm³/mol. The lowest BCUT2D eigenvalue weighted by Crippen LogP contribution is -2.39. The molecule has 4 atom stereocenters. The molecule has 3 aromatic carbocycles. The summed E-state index contributed by atoms with van der Waals surface area (Å²) in [6, 6.07) is 32.4. The van der Waals surface area contributed by atoms with Gasteiger partial charge >= 0.3 is 0 Å². The molecule has 5 rings (SSSR count). The Morgan fingerprint density at radius 2 is 1.12 bits per heavy atom. The van der Waals surface area contributed by atoms with E-state index in [4.69, 9.17) is 9.96 Å². The third-order valence-electron chi connectivity index (χ3n) is 8.22. The molecule has 0 saturated heterocycles. The Morgan fingerprint density at radius 1 is 0.688 bits per heavy atom. The summed E-state index contributed by atoms with van der Waals surface area (Å²) >= 11 is 0. The standard InChI is InChI=1S/C29H33N2P/c1-21-22(2)27-20-26(21)28(29(27,3)4)30-31-32(23-14-8-5-9-15-23,24-16-10-6-11-17-24)25-18-12-7-13-19-25/h5-19,21-22,26-27H,20H2,1-4H3/b30-28-/t21-,22+,26+,27-/m1/s1. The van der Waals surface area contributed by atoms with Crippen molar-refractivity contribution in [2.75, 3.05) is 0 Å². The van der Waals surface area contributed by atoms with Crippen molar-refractivity contribution in [1.29, 1.82) is 0 Å². The molecule has 32 heavy (non-hydrogen) atoms. The van der Waals surface area contributed by atoms with Crippen LogP contribution in [0.1, 0.15) is 34.1 Å². The Morgan fingerprint density at radius 3 is 1.53 bits per heavy atom. The SMILES string of the molecule is C[C@@H]1[C@H](C)[C@H]2C[C@@H]1/C(=N/N=P(c1ccccc1)(c1ccccc1)c1ccccc1)C2(C)C. The quantitative estimate of drug-likeness (QED) is 0.328. The normalized spacial score (nSPS) is 27.6. The summed E-state index contributed by atoms with van der Waals surface area (Å²) in [7, 11) is -2.28. The van der Waals surface area contributed by atoms with E-state index in [2.05, 4.69) is 119 Å². The second-order valence-electron chi connectivity index (χ2n) is 10.1. The Kier molecular flexibility index (Phi) is 5.46. The molecule has 2 bridgehead atoms. The van der Waals surface area contributed by atoms with E-state index in [1.807, 2.05) is 0 Å². The molecule has 2 saturated carbocycles. The van der Waals surface area contributed by atoms with Gasteiger partial charge in [-0.1, -0.05) is 119 Å². The van der Waals surface area contributed by atoms with Gasteiger partial charge in [0.05, 0.1) is 7.05 Å². The molecular weight excluding hydrogens is 407 g/mol. The first-order chi connectivity index (χ1) is 15.5. The van der Waals surface area contributed by atoms with Gasteiger partial charge in [0.2, 0.25) is 0 Å². The minimum absolute atomic E-state index is 0.111. The van der Waals surface area contributed by atoms with Gasteiger partial charge in [-0.05, 0) is 24.2 Å². The Hall–Kier alpha value is -2.44. The van der Waals surface area contributed by atoms with E-state index in [1.54, 1.807) is 0 Å². The number of nitrogens with zero attached hydrogens (tertiary/aromatic N) is 2. The molecule has 2 aliphatic carbocycles. The first-order valence-corrected chi connectivity index (χ1v) is 13.6. The lowest BCUT2D eigenvalue weighted by atomic mass is 9.67. The van der Waals surface area contributed by atoms with Crippen LogP contribution in [0.3, 0.4) is 0 Å². The van der Waals surface area contributed by atoms with Gasteiger partial charge < -0.3 is 0 Å². The Bertz CT molecular complexity index is 1060. The molecule has 0 amide bonds. The summed E-state index contributed by atoms with van der Waals surface area (Å²) in [5, 5.41) is 9.00. The van der Waals surface area contributed by atoms with E-state index in [0.29, 0.717) is 17.8 Å². The molecule has 0 heterocycles. The maximum absolute atomic E-state index is 5.42. The first-order valence-electron chi connectivity index (χ1n) is 11.8. The van der Waals surface area contributed by atoms with Crippen molar-refractivity contribution in [2.45, 2.75) is 34.1 Å². The lowest BCUT2D eigenvalue weighted by molar-refractivity contribution is 0.216. The minimum Gasteiger partial charge on any atom is -0.160 e. The topological polar surface area (TPSA) is 24.7 Å². The van der Waals surface area contributed by atoms with Gasteiger partial charge in [0.15, 0.2) is 0 Å². The number of benzene rings is 3. The second-order valence-corrected chi connectivity index (χ2v) is 13.1. The molecule has 3 aromatic rings. The molecule has 0 unspecified atom stereocenters. The monoisotopic (exact) mass is 440 g/mol. The van der Waals surface area contributed by atoms with Gasteiger partial charge in [0.1, 0.15) is 0 Å². The van der Waals surface area contributed by atoms with E-state index < -0.39 is 7.05 Å². The fourth-order valence-corrected chi connectivity index (χ4v) is 9.51. The van der Waals surface area contributed by atoms with Gasteiger partial charge in [-0.3, -0.25) is 0 Å². The number of rotatable bonds is 4. The van der Waals surface area contributed by atoms with Crippen LogP contribution in [0.4, 0.5) is 0 Å². The number of hydrogen-bond acceptors (Lipinski definition) is 1. The summed E-state index contributed by atoms with van der Waals surface area (Å²) in [4.78, 5) is 5.42. The highest BCUT2D eigenvalue weighted by Gasteiger charge is 2.57. The number of hydrogen-bond donors (Lipinski definition) is 0. The van der Waals surface area contributed by atoms with Crippen LogP contribution in [0.15, 0.2) is 101 Å². The molecular formula is C29H33N2P. The van der Waals surface area contributed by atoms with Gasteiger partial charge in [-0.2, -0.15) is 9.96 Å². The van der Waals surface area contributed by atoms with Crippen molar-refractivity contribution >= 4 is 28.7 Å². The average Bonchev–Trinajstić information content (AvgIpc) is 3.27. The third-order valence-corrected chi connectivity index (χ3v) is 11.7. The zero-order valence-electron chi connectivity index (χ0n) is 19.5. The molecule has 3 heteroatoms. The maximum Gasteiger partial charge on any atom is 0.0837 e. The number of fused-ring (bicyclic) bond motifs is 2. The van der Waals surface area contributed by atoms with Crippen molar-refractivity contribution in [3.8, 4) is 0 Å². The first kappa shape index (κ1) is 21.4. The molecule has 2 aliphatic rings. The van der Waals surface area contributed by atoms with Crippen LogP contribution in [0.25, 0.3) is 0 Å². The summed E-state index contributed by atoms with van der Waals surface area (Å²) < 4.78 is 0. The summed E-state index contributed by atoms with van der Waals surface area (Å²) in [5.74, 6) is 2.69. The highest BCUT2D eigenvalue weighted by Crippen LogP contribution is 2.59. The van der Waals surface area contributed by atoms with E-state index in [-0.39, 0.29) is 5.41 Å². The summed E-state index contributed by atoms with van der Waals surface area (Å²) in [5.41, 5.74) is 1.43. The van der Waals surface area contributed by atoms with Crippen molar-refractivity contribution < 1.29 is 0 Å². The van der Waals surface area contributed by atoms with Crippen LogP contribution in [0.2, 0.25) is 0 Å². The van der Waals surface area contributed by atoms with Crippen LogP contribution in [0.5, 0.6) is 0 Å². The molecule has 0 aromatic heterocycles. The van der Waals surface area contributed by atoms with Gasteiger partial charge in [-0.15, -0.1) is 0 Å². The van der Waals surface area contributed by atoms with E-state index >= 15 is 0 Å². The van der Waals surface area contributed by atoms with Crippen molar-refractivity contribution in [1.82, 2.24) is 0 Å². The zero-order valence-corrected chi connectivity index (χ0v) is 20.4. The Labute approximate surface area is 192 Å². The highest BCUT2D eigenvalue weighted by atomic mass is 31.2. The van der Waals surface area contributed by atoms with Crippen molar-refractivity contribution in [3.05, 3.63) is 91.0 Å². The van der Waals surface area contributed by atoms with Crippen LogP contribution < -0.4 is 15.9 Å². The molecule has 0 radical (unpaired) electrons. The largest absolute Gasteiger partial charge is 0.160 e. The van der Waals surface area contributed by atoms with Crippen LogP contribution in [-0.4, -0.2) is 5.71 Å². The maximum atomic E-state index is 5.42. The highest BCUT2D eigenvalue weighted by molar-refractivity contribution is 7.87. The smallest absolute Gasteiger partial charge is 0.0837 e. The van der Waals surface area contributed by atoms with Gasteiger partial charge in [0.25, 0.3) is 0 Å². The fraction of sp³-hybridized carbons (Fsp3) is 0.345. The van der Waals surface area contributed by atoms with E-state index in [1.165, 1.54) is 28.0 Å². The second kappa shape index (κ2) is 8.16. The fourth-order valence-electron chi connectivity index (χ4n) is 6.27. The average molecular weight is 441 g/mol. The summed E-state index contributed by atoms with van der Waals surface area (Å²) in [6.45, 7) is 9.62. The Balaban J connectivity index is 1.80. The van der Waals surface area contributed by atoms with Crippen LogP contribution >= 0.6 is 7.05 Å². The van der Waals surface area contributed by atoms with Crippen LogP contribution in [-0.2, 0) is 0 Å². The minimum atomic E-state index is -2.28. The van der Waals surface area contributed by atoms with Gasteiger partial charge in [-0.25, -0.2) is 0 Å². The summed E-state index contributed by atoms with van der Waals surface area (Å²) in [6.07, 6.45) is 1.26. The van der Waals surface area contributed by atoms with Crippen LogP contribution in [0, 0.1) is 29.1 Å². The van der Waals surface area contributed by atoms with Crippen molar-refractivity contribution in [2.24, 2.45) is 39.0 Å². The van der Waals surface area contributed by atoms with E-state index in [9.17, 15) is 0 Å². The molecule has 2 nitrogen and oxygen atoms in total. The van der Waals surface area contributed by atoms with Gasteiger partial charge in [0, 0.05) is 33.0 Å². The molecule has 2 fully saturated rings. The molecule has 0 spiro atoms. The zero-order chi connectivity index (χ0) is 22.3.